The fourth-order valence-electron chi connectivity index (χ4n) is 0.762. The van der Waals surface area contributed by atoms with Crippen molar-refractivity contribution in [2.45, 2.75) is 0 Å². The van der Waals surface area contributed by atoms with E-state index in [2.05, 4.69) is 0 Å². The maximum absolute atomic E-state index is 12.8. The molecule has 6 heteroatoms. The van der Waals surface area contributed by atoms with Crippen LogP contribution in [0, 0.1) is 38.9 Å². The standard InChI is InChI=1S/C8F5I/c9-4-3(1-2-14)5(10)7(12)8(13)6(4)11. The lowest BCUT2D eigenvalue weighted by molar-refractivity contribution is 0.376. The van der Waals surface area contributed by atoms with Gasteiger partial charge in [-0.05, 0) is 9.85 Å². The summed E-state index contributed by atoms with van der Waals surface area (Å²) in [7, 11) is 0. The molecule has 14 heavy (non-hydrogen) atoms. The first kappa shape index (κ1) is 11.2. The number of benzene rings is 1. The summed E-state index contributed by atoms with van der Waals surface area (Å²) >= 11 is 1.42. The van der Waals surface area contributed by atoms with E-state index in [0.29, 0.717) is 0 Å². The first-order valence-electron chi connectivity index (χ1n) is 3.13. The highest BCUT2D eigenvalue weighted by Gasteiger charge is 2.24. The molecular weight excluding hydrogens is 318 g/mol. The van der Waals surface area contributed by atoms with E-state index in [4.69, 9.17) is 0 Å². The van der Waals surface area contributed by atoms with Crippen LogP contribution in [-0.4, -0.2) is 0 Å². The minimum Gasteiger partial charge on any atom is -0.202 e. The van der Waals surface area contributed by atoms with Gasteiger partial charge in [-0.1, -0.05) is 0 Å². The van der Waals surface area contributed by atoms with E-state index in [0.717, 1.165) is 0 Å². The van der Waals surface area contributed by atoms with Crippen LogP contribution >= 0.6 is 22.6 Å². The van der Waals surface area contributed by atoms with Crippen LogP contribution in [0.2, 0.25) is 0 Å². The molecule has 0 unspecified atom stereocenters. The highest BCUT2D eigenvalue weighted by atomic mass is 127. The Morgan fingerprint density at radius 3 is 1.43 bits per heavy atom. The molecule has 0 atom stereocenters. The van der Waals surface area contributed by atoms with Gasteiger partial charge in [-0.3, -0.25) is 0 Å². The third-order valence-corrected chi connectivity index (χ3v) is 1.65. The Bertz CT molecular complexity index is 414. The lowest BCUT2D eigenvalue weighted by Crippen LogP contribution is -2.04. The highest BCUT2D eigenvalue weighted by molar-refractivity contribution is 14.1. The molecule has 0 amide bonds. The van der Waals surface area contributed by atoms with E-state index in [1.54, 1.807) is 5.92 Å². The summed E-state index contributed by atoms with van der Waals surface area (Å²) in [6.45, 7) is 0. The summed E-state index contributed by atoms with van der Waals surface area (Å²) < 4.78 is 65.0. The van der Waals surface area contributed by atoms with Crippen molar-refractivity contribution in [1.29, 1.82) is 0 Å². The van der Waals surface area contributed by atoms with Gasteiger partial charge in [0.1, 0.15) is 5.56 Å². The van der Waals surface area contributed by atoms with Gasteiger partial charge in [0.15, 0.2) is 23.3 Å². The Hall–Kier alpha value is -0.840. The fourth-order valence-corrected chi connectivity index (χ4v) is 1.03. The molecule has 1 aromatic rings. The predicted octanol–water partition coefficient (Wildman–Crippen LogP) is 3.13. The van der Waals surface area contributed by atoms with Crippen molar-refractivity contribution in [1.82, 2.24) is 0 Å². The minimum absolute atomic E-state index is 1.12. The molecule has 0 saturated heterocycles. The van der Waals surface area contributed by atoms with E-state index in [-0.39, 0.29) is 0 Å². The summed E-state index contributed by atoms with van der Waals surface area (Å²) in [5.41, 5.74) is -1.12. The fraction of sp³-hybridized carbons (Fsp3) is 0. The topological polar surface area (TPSA) is 0 Å². The third kappa shape index (κ3) is 1.68. The zero-order chi connectivity index (χ0) is 10.9. The predicted molar refractivity (Wildman–Crippen MR) is 47.1 cm³/mol. The second kappa shape index (κ2) is 4.13. The maximum atomic E-state index is 12.8. The molecule has 0 radical (unpaired) electrons. The molecule has 1 aromatic carbocycles. The Kier molecular flexibility index (Phi) is 3.31. The van der Waals surface area contributed by atoms with E-state index >= 15 is 0 Å². The second-order valence-electron chi connectivity index (χ2n) is 2.16. The molecule has 0 N–H and O–H groups in total. The lowest BCUT2D eigenvalue weighted by Gasteiger charge is -2.01. The molecule has 0 nitrogen and oxygen atoms in total. The molecule has 0 fully saturated rings. The average Bonchev–Trinajstić information content (AvgIpc) is 2.19. The van der Waals surface area contributed by atoms with Crippen LogP contribution < -0.4 is 0 Å². The van der Waals surface area contributed by atoms with Crippen molar-refractivity contribution in [2.24, 2.45) is 0 Å². The smallest absolute Gasteiger partial charge is 0.200 e. The minimum atomic E-state index is -2.18. The number of halogens is 6. The zero-order valence-electron chi connectivity index (χ0n) is 6.27. The molecule has 1 rings (SSSR count). The van der Waals surface area contributed by atoms with Gasteiger partial charge in [-0.25, -0.2) is 22.0 Å². The van der Waals surface area contributed by atoms with Crippen LogP contribution in [0.25, 0.3) is 0 Å². The maximum Gasteiger partial charge on any atom is 0.200 e. The molecule has 0 heterocycles. The lowest BCUT2D eigenvalue weighted by atomic mass is 10.2. The van der Waals surface area contributed by atoms with Gasteiger partial charge in [0.25, 0.3) is 0 Å². The molecule has 0 spiro atoms. The quantitative estimate of drug-likeness (QED) is 0.227. The Morgan fingerprint density at radius 2 is 1.07 bits per heavy atom. The summed E-state index contributed by atoms with van der Waals surface area (Å²) in [6.07, 6.45) is 0. The van der Waals surface area contributed by atoms with Crippen molar-refractivity contribution in [3.05, 3.63) is 34.6 Å². The summed E-state index contributed by atoms with van der Waals surface area (Å²) in [5, 5.41) is 0. The molecule has 0 bridgehead atoms. The van der Waals surface area contributed by atoms with Crippen LogP contribution in [0.3, 0.4) is 0 Å². The third-order valence-electron chi connectivity index (χ3n) is 1.38. The molecule has 0 aliphatic rings. The van der Waals surface area contributed by atoms with E-state index in [1.165, 1.54) is 22.6 Å². The largest absolute Gasteiger partial charge is 0.202 e. The molecular formula is C8F5I. The van der Waals surface area contributed by atoms with Crippen molar-refractivity contribution in [3.63, 3.8) is 0 Å². The molecule has 0 saturated carbocycles. The number of hydrogen-bond donors (Lipinski definition) is 0. The first-order valence-corrected chi connectivity index (χ1v) is 4.21. The number of rotatable bonds is 0. The van der Waals surface area contributed by atoms with Crippen molar-refractivity contribution in [3.8, 4) is 9.85 Å². The van der Waals surface area contributed by atoms with Gasteiger partial charge < -0.3 is 0 Å². The first-order chi connectivity index (χ1) is 6.50. The van der Waals surface area contributed by atoms with E-state index in [1.807, 2.05) is 3.93 Å². The van der Waals surface area contributed by atoms with Gasteiger partial charge in [0.05, 0.1) is 0 Å². The molecule has 74 valence electrons. The van der Waals surface area contributed by atoms with E-state index < -0.39 is 34.6 Å². The van der Waals surface area contributed by atoms with Crippen LogP contribution in [-0.2, 0) is 0 Å². The SMILES string of the molecule is Fc1c(F)c(F)c(C#CI)c(F)c1F. The summed E-state index contributed by atoms with van der Waals surface area (Å²) in [4.78, 5) is 0. The van der Waals surface area contributed by atoms with Crippen LogP contribution in [0.5, 0.6) is 0 Å². The van der Waals surface area contributed by atoms with Gasteiger partial charge in [-0.2, -0.15) is 0 Å². The molecule has 0 aromatic heterocycles. The van der Waals surface area contributed by atoms with Gasteiger partial charge in [-0.15, -0.1) is 0 Å². The Morgan fingerprint density at radius 1 is 0.714 bits per heavy atom. The number of hydrogen-bond acceptors (Lipinski definition) is 0. The summed E-state index contributed by atoms with van der Waals surface area (Å²) in [6, 6.07) is 0. The van der Waals surface area contributed by atoms with Crippen LogP contribution in [0.15, 0.2) is 0 Å². The van der Waals surface area contributed by atoms with Crippen molar-refractivity contribution < 1.29 is 22.0 Å². The normalized spacial score (nSPS) is 9.57. The molecule has 0 aliphatic heterocycles. The highest BCUT2D eigenvalue weighted by Crippen LogP contribution is 2.22. The summed E-state index contributed by atoms with van der Waals surface area (Å²) in [5.74, 6) is -8.19. The second-order valence-corrected chi connectivity index (χ2v) is 2.70. The monoisotopic (exact) mass is 318 g/mol. The van der Waals surface area contributed by atoms with Gasteiger partial charge in [0.2, 0.25) is 5.82 Å². The van der Waals surface area contributed by atoms with Gasteiger partial charge >= 0.3 is 0 Å². The van der Waals surface area contributed by atoms with Crippen molar-refractivity contribution >= 4 is 22.6 Å². The van der Waals surface area contributed by atoms with E-state index in [9.17, 15) is 22.0 Å². The van der Waals surface area contributed by atoms with Crippen LogP contribution in [0.1, 0.15) is 5.56 Å². The Balaban J connectivity index is 3.65. The zero-order valence-corrected chi connectivity index (χ0v) is 8.43. The van der Waals surface area contributed by atoms with Gasteiger partial charge in [0, 0.05) is 22.6 Å². The average molecular weight is 318 g/mol. The Labute approximate surface area is 89.3 Å². The van der Waals surface area contributed by atoms with Crippen molar-refractivity contribution in [2.75, 3.05) is 0 Å². The molecule has 0 aliphatic carbocycles. The van der Waals surface area contributed by atoms with Crippen LogP contribution in [0.4, 0.5) is 22.0 Å².